The number of aromatic nitrogens is 1. The molecular weight excluding hydrogens is 240 g/mol. The number of carbonyl (C=O) groups excluding carboxylic acids is 1. The average Bonchev–Trinajstić information content (AvgIpc) is 2.17. The van der Waals surface area contributed by atoms with Crippen LogP contribution in [0.2, 0.25) is 5.15 Å². The minimum atomic E-state index is -0.518. The van der Waals surface area contributed by atoms with Gasteiger partial charge in [0.15, 0.2) is 0 Å². The van der Waals surface area contributed by atoms with Crippen molar-refractivity contribution in [3.8, 4) is 0 Å². The first kappa shape index (κ1) is 13.8. The number of amides is 1. The van der Waals surface area contributed by atoms with E-state index in [0.29, 0.717) is 10.8 Å². The molecule has 0 spiro atoms. The number of halogens is 1. The number of hydrogen-bond acceptors (Lipinski definition) is 3. The van der Waals surface area contributed by atoms with Gasteiger partial charge in [0.1, 0.15) is 10.8 Å². The van der Waals surface area contributed by atoms with Crippen LogP contribution in [0.25, 0.3) is 0 Å². The number of pyridine rings is 1. The SMILES string of the molecule is CCc1cc(Cl)ncc1NC(=O)OC(C)(C)C. The Morgan fingerprint density at radius 3 is 2.71 bits per heavy atom. The smallest absolute Gasteiger partial charge is 0.412 e. The number of carbonyl (C=O) groups is 1. The molecule has 1 rings (SSSR count). The van der Waals surface area contributed by atoms with Crippen LogP contribution < -0.4 is 5.32 Å². The van der Waals surface area contributed by atoms with E-state index in [-0.39, 0.29) is 0 Å². The Labute approximate surface area is 106 Å². The van der Waals surface area contributed by atoms with Gasteiger partial charge in [0.05, 0.1) is 11.9 Å². The molecule has 0 bridgehead atoms. The van der Waals surface area contributed by atoms with E-state index in [9.17, 15) is 4.79 Å². The molecule has 0 saturated heterocycles. The van der Waals surface area contributed by atoms with Gasteiger partial charge in [-0.2, -0.15) is 0 Å². The van der Waals surface area contributed by atoms with E-state index in [2.05, 4.69) is 10.3 Å². The molecule has 1 amide bonds. The largest absolute Gasteiger partial charge is 0.444 e. The van der Waals surface area contributed by atoms with Crippen LogP contribution in [-0.4, -0.2) is 16.7 Å². The second-order valence-corrected chi connectivity index (χ2v) is 5.03. The zero-order chi connectivity index (χ0) is 13.1. The van der Waals surface area contributed by atoms with E-state index in [0.717, 1.165) is 12.0 Å². The fourth-order valence-corrected chi connectivity index (χ4v) is 1.47. The van der Waals surface area contributed by atoms with Crippen molar-refractivity contribution < 1.29 is 9.53 Å². The normalized spacial score (nSPS) is 11.1. The topological polar surface area (TPSA) is 51.2 Å². The van der Waals surface area contributed by atoms with Crippen molar-refractivity contribution >= 4 is 23.4 Å². The summed E-state index contributed by atoms with van der Waals surface area (Å²) in [6.45, 7) is 7.42. The van der Waals surface area contributed by atoms with E-state index >= 15 is 0 Å². The van der Waals surface area contributed by atoms with Crippen molar-refractivity contribution in [2.75, 3.05) is 5.32 Å². The quantitative estimate of drug-likeness (QED) is 0.822. The van der Waals surface area contributed by atoms with Gasteiger partial charge in [-0.25, -0.2) is 9.78 Å². The van der Waals surface area contributed by atoms with E-state index < -0.39 is 11.7 Å². The highest BCUT2D eigenvalue weighted by Crippen LogP contribution is 2.19. The highest BCUT2D eigenvalue weighted by molar-refractivity contribution is 6.29. The molecular formula is C12H17ClN2O2. The molecule has 1 heterocycles. The van der Waals surface area contributed by atoms with Gasteiger partial charge in [0, 0.05) is 0 Å². The number of anilines is 1. The fraction of sp³-hybridized carbons (Fsp3) is 0.500. The Kier molecular flexibility index (Phi) is 4.34. The number of ether oxygens (including phenoxy) is 1. The van der Waals surface area contributed by atoms with Crippen molar-refractivity contribution in [1.29, 1.82) is 0 Å². The van der Waals surface area contributed by atoms with E-state index in [1.54, 1.807) is 6.07 Å². The van der Waals surface area contributed by atoms with E-state index in [4.69, 9.17) is 16.3 Å². The van der Waals surface area contributed by atoms with Crippen LogP contribution in [-0.2, 0) is 11.2 Å². The highest BCUT2D eigenvalue weighted by atomic mass is 35.5. The standard InChI is InChI=1S/C12H17ClN2O2/c1-5-8-6-10(13)14-7-9(8)15-11(16)17-12(2,3)4/h6-7H,5H2,1-4H3,(H,15,16). The van der Waals surface area contributed by atoms with E-state index in [1.807, 2.05) is 27.7 Å². The Bertz CT molecular complexity index is 413. The number of nitrogens with zero attached hydrogens (tertiary/aromatic N) is 1. The van der Waals surface area contributed by atoms with Gasteiger partial charge < -0.3 is 4.74 Å². The van der Waals surface area contributed by atoms with E-state index in [1.165, 1.54) is 6.20 Å². The third-order valence-electron chi connectivity index (χ3n) is 1.97. The second-order valence-electron chi connectivity index (χ2n) is 4.64. The first-order chi connectivity index (χ1) is 7.81. The summed E-state index contributed by atoms with van der Waals surface area (Å²) >= 11 is 5.78. The summed E-state index contributed by atoms with van der Waals surface area (Å²) < 4.78 is 5.16. The molecule has 0 atom stereocenters. The van der Waals surface area contributed by atoms with Crippen molar-refractivity contribution in [3.05, 3.63) is 23.0 Å². The molecule has 4 nitrogen and oxygen atoms in total. The van der Waals surface area contributed by atoms with Crippen LogP contribution in [0.3, 0.4) is 0 Å². The minimum absolute atomic E-state index is 0.414. The molecule has 0 aliphatic carbocycles. The minimum Gasteiger partial charge on any atom is -0.444 e. The first-order valence-corrected chi connectivity index (χ1v) is 5.84. The van der Waals surface area contributed by atoms with Crippen LogP contribution in [0.15, 0.2) is 12.3 Å². The number of nitrogens with one attached hydrogen (secondary N) is 1. The Morgan fingerprint density at radius 2 is 2.18 bits per heavy atom. The maximum atomic E-state index is 11.6. The first-order valence-electron chi connectivity index (χ1n) is 5.46. The fourth-order valence-electron chi connectivity index (χ4n) is 1.29. The lowest BCUT2D eigenvalue weighted by molar-refractivity contribution is 0.0635. The van der Waals surface area contributed by atoms with Crippen LogP contribution in [0.4, 0.5) is 10.5 Å². The summed E-state index contributed by atoms with van der Waals surface area (Å²) in [5.74, 6) is 0. The third-order valence-corrected chi connectivity index (χ3v) is 2.18. The summed E-state index contributed by atoms with van der Waals surface area (Å²) in [7, 11) is 0. The van der Waals surface area contributed by atoms with Crippen molar-refractivity contribution in [2.24, 2.45) is 0 Å². The van der Waals surface area contributed by atoms with Crippen LogP contribution in [0.5, 0.6) is 0 Å². The number of rotatable bonds is 2. The zero-order valence-corrected chi connectivity index (χ0v) is 11.3. The molecule has 5 heteroatoms. The molecule has 0 radical (unpaired) electrons. The van der Waals surface area contributed by atoms with Gasteiger partial charge in [-0.1, -0.05) is 18.5 Å². The average molecular weight is 257 g/mol. The molecule has 94 valence electrons. The molecule has 0 aliphatic heterocycles. The lowest BCUT2D eigenvalue weighted by Gasteiger charge is -2.20. The molecule has 1 aromatic heterocycles. The summed E-state index contributed by atoms with van der Waals surface area (Å²) in [5, 5.41) is 3.08. The van der Waals surface area contributed by atoms with Crippen LogP contribution >= 0.6 is 11.6 Å². The predicted molar refractivity (Wildman–Crippen MR) is 68.5 cm³/mol. The van der Waals surface area contributed by atoms with Crippen molar-refractivity contribution in [1.82, 2.24) is 4.98 Å². The van der Waals surface area contributed by atoms with Gasteiger partial charge >= 0.3 is 6.09 Å². The summed E-state index contributed by atoms with van der Waals surface area (Å²) in [6.07, 6.45) is 1.80. The molecule has 0 saturated carbocycles. The lowest BCUT2D eigenvalue weighted by Crippen LogP contribution is -2.27. The van der Waals surface area contributed by atoms with Gasteiger partial charge in [-0.15, -0.1) is 0 Å². The Morgan fingerprint density at radius 1 is 1.53 bits per heavy atom. The lowest BCUT2D eigenvalue weighted by atomic mass is 10.2. The molecule has 0 fully saturated rings. The third kappa shape index (κ3) is 4.61. The second kappa shape index (κ2) is 5.36. The number of aryl methyl sites for hydroxylation is 1. The molecule has 0 aliphatic rings. The monoisotopic (exact) mass is 256 g/mol. The van der Waals surface area contributed by atoms with Crippen LogP contribution in [0, 0.1) is 0 Å². The van der Waals surface area contributed by atoms with Gasteiger partial charge in [-0.3, -0.25) is 5.32 Å². The predicted octanol–water partition coefficient (Wildman–Crippen LogP) is 3.64. The zero-order valence-electron chi connectivity index (χ0n) is 10.5. The number of hydrogen-bond donors (Lipinski definition) is 1. The Balaban J connectivity index is 2.78. The van der Waals surface area contributed by atoms with Gasteiger partial charge in [0.2, 0.25) is 0 Å². The molecule has 17 heavy (non-hydrogen) atoms. The van der Waals surface area contributed by atoms with Crippen molar-refractivity contribution in [3.63, 3.8) is 0 Å². The maximum Gasteiger partial charge on any atom is 0.412 e. The molecule has 1 N–H and O–H groups in total. The van der Waals surface area contributed by atoms with Crippen molar-refractivity contribution in [2.45, 2.75) is 39.7 Å². The van der Waals surface area contributed by atoms with Crippen LogP contribution in [0.1, 0.15) is 33.3 Å². The molecule has 0 unspecified atom stereocenters. The summed E-state index contributed by atoms with van der Waals surface area (Å²) in [4.78, 5) is 15.5. The summed E-state index contributed by atoms with van der Waals surface area (Å²) in [6, 6.07) is 1.73. The Hall–Kier alpha value is -1.29. The molecule has 1 aromatic rings. The van der Waals surface area contributed by atoms with Gasteiger partial charge in [-0.05, 0) is 38.8 Å². The van der Waals surface area contributed by atoms with Gasteiger partial charge in [0.25, 0.3) is 0 Å². The summed E-state index contributed by atoms with van der Waals surface area (Å²) in [5.41, 5.74) is 1.04. The maximum absolute atomic E-state index is 11.6. The molecule has 0 aromatic carbocycles. The highest BCUT2D eigenvalue weighted by Gasteiger charge is 2.17.